The normalized spacial score (nSPS) is 11.5. The van der Waals surface area contributed by atoms with Crippen LogP contribution in [0.1, 0.15) is 19.8 Å². The van der Waals surface area contributed by atoms with Gasteiger partial charge in [0.25, 0.3) is 0 Å². The van der Waals surface area contributed by atoms with Gasteiger partial charge >= 0.3 is 6.18 Å². The average Bonchev–Trinajstić information content (AvgIpc) is 2.09. The number of alkyl halides is 3. The van der Waals surface area contributed by atoms with Crippen molar-refractivity contribution in [2.45, 2.75) is 25.9 Å². The van der Waals surface area contributed by atoms with E-state index in [1.165, 1.54) is 4.90 Å². The zero-order valence-corrected chi connectivity index (χ0v) is 8.10. The summed E-state index contributed by atoms with van der Waals surface area (Å²) in [4.78, 5) is 12.5. The highest BCUT2D eigenvalue weighted by atomic mass is 19.4. The number of nitrogens with zero attached hydrogens (tertiary/aromatic N) is 1. The van der Waals surface area contributed by atoms with E-state index < -0.39 is 24.9 Å². The number of hydrogen-bond acceptors (Lipinski definition) is 2. The maximum absolute atomic E-state index is 11.8. The molecule has 0 aliphatic carbocycles. The molecule has 0 unspecified atom stereocenters. The quantitative estimate of drug-likeness (QED) is 0.742. The largest absolute Gasteiger partial charge is 0.389 e. The van der Waals surface area contributed by atoms with Gasteiger partial charge in [0.15, 0.2) is 0 Å². The van der Waals surface area contributed by atoms with Crippen LogP contribution in [0, 0.1) is 0 Å². The van der Waals surface area contributed by atoms with Crippen LogP contribution in [0.5, 0.6) is 0 Å². The number of halogens is 3. The van der Waals surface area contributed by atoms with Gasteiger partial charge in [-0.2, -0.15) is 13.2 Å². The van der Waals surface area contributed by atoms with Gasteiger partial charge in [0.05, 0.1) is 6.42 Å². The highest BCUT2D eigenvalue weighted by Crippen LogP contribution is 2.21. The van der Waals surface area contributed by atoms with E-state index in [2.05, 4.69) is 0 Å². The van der Waals surface area contributed by atoms with Gasteiger partial charge in [0.1, 0.15) is 0 Å². The summed E-state index contributed by atoms with van der Waals surface area (Å²) >= 11 is 0. The number of nitrogens with two attached hydrogens (primary N) is 1. The average molecular weight is 212 g/mol. The predicted molar refractivity (Wildman–Crippen MR) is 46.6 cm³/mol. The molecule has 0 saturated heterocycles. The molecule has 0 aromatic rings. The molecule has 0 saturated carbocycles. The molecule has 0 aromatic carbocycles. The van der Waals surface area contributed by atoms with Crippen molar-refractivity contribution in [3.63, 3.8) is 0 Å². The van der Waals surface area contributed by atoms with Crippen molar-refractivity contribution in [1.82, 2.24) is 4.90 Å². The van der Waals surface area contributed by atoms with Crippen molar-refractivity contribution < 1.29 is 18.0 Å². The maximum atomic E-state index is 11.8. The van der Waals surface area contributed by atoms with Crippen molar-refractivity contribution in [2.75, 3.05) is 19.6 Å². The second-order valence-corrected chi connectivity index (χ2v) is 2.88. The molecule has 0 aromatic heterocycles. The Balaban J connectivity index is 3.93. The van der Waals surface area contributed by atoms with Gasteiger partial charge in [-0.05, 0) is 6.92 Å². The summed E-state index contributed by atoms with van der Waals surface area (Å²) in [6.45, 7) is 2.69. The van der Waals surface area contributed by atoms with Crippen LogP contribution in [0.4, 0.5) is 13.2 Å². The SMILES string of the molecule is CCN(CCN)C(=O)CCC(F)(F)F. The van der Waals surface area contributed by atoms with Crippen LogP contribution >= 0.6 is 0 Å². The van der Waals surface area contributed by atoms with Crippen LogP contribution in [0.2, 0.25) is 0 Å². The summed E-state index contributed by atoms with van der Waals surface area (Å²) in [6, 6.07) is 0. The van der Waals surface area contributed by atoms with E-state index in [9.17, 15) is 18.0 Å². The van der Waals surface area contributed by atoms with E-state index >= 15 is 0 Å². The Morgan fingerprint density at radius 3 is 2.36 bits per heavy atom. The minimum atomic E-state index is -4.27. The lowest BCUT2D eigenvalue weighted by Gasteiger charge is -2.20. The molecule has 0 aliphatic rings. The van der Waals surface area contributed by atoms with Gasteiger partial charge in [-0.3, -0.25) is 4.79 Å². The summed E-state index contributed by atoms with van der Waals surface area (Å²) in [5, 5.41) is 0. The van der Waals surface area contributed by atoms with Crippen LogP contribution in [0.3, 0.4) is 0 Å². The Morgan fingerprint density at radius 2 is 2.00 bits per heavy atom. The zero-order valence-electron chi connectivity index (χ0n) is 8.10. The molecule has 0 radical (unpaired) electrons. The van der Waals surface area contributed by atoms with Gasteiger partial charge < -0.3 is 10.6 Å². The minimum Gasteiger partial charge on any atom is -0.342 e. The highest BCUT2D eigenvalue weighted by Gasteiger charge is 2.28. The van der Waals surface area contributed by atoms with Crippen molar-refractivity contribution in [3.05, 3.63) is 0 Å². The number of carbonyl (C=O) groups excluding carboxylic acids is 1. The van der Waals surface area contributed by atoms with Gasteiger partial charge in [0.2, 0.25) is 5.91 Å². The van der Waals surface area contributed by atoms with Crippen molar-refractivity contribution >= 4 is 5.91 Å². The molecule has 0 aliphatic heterocycles. The highest BCUT2D eigenvalue weighted by molar-refractivity contribution is 5.76. The monoisotopic (exact) mass is 212 g/mol. The zero-order chi connectivity index (χ0) is 11.2. The molecule has 84 valence electrons. The third kappa shape index (κ3) is 5.80. The molecule has 0 fully saturated rings. The molecule has 0 rings (SSSR count). The smallest absolute Gasteiger partial charge is 0.342 e. The summed E-state index contributed by atoms with van der Waals surface area (Å²) in [5.74, 6) is -0.490. The summed E-state index contributed by atoms with van der Waals surface area (Å²) < 4.78 is 35.3. The van der Waals surface area contributed by atoms with E-state index in [4.69, 9.17) is 5.73 Å². The van der Waals surface area contributed by atoms with Gasteiger partial charge in [-0.1, -0.05) is 0 Å². The van der Waals surface area contributed by atoms with Crippen molar-refractivity contribution in [1.29, 1.82) is 0 Å². The Bertz CT molecular complexity index is 182. The molecular formula is C8H15F3N2O. The number of rotatable bonds is 5. The molecule has 0 bridgehead atoms. The number of carbonyl (C=O) groups is 1. The summed E-state index contributed by atoms with van der Waals surface area (Å²) in [6.07, 6.45) is -5.82. The lowest BCUT2D eigenvalue weighted by atomic mass is 10.2. The molecule has 0 heterocycles. The third-order valence-electron chi connectivity index (χ3n) is 1.76. The van der Waals surface area contributed by atoms with E-state index in [0.717, 1.165) is 0 Å². The number of likely N-dealkylation sites (N-methyl/N-ethyl adjacent to an activating group) is 1. The van der Waals surface area contributed by atoms with E-state index in [-0.39, 0.29) is 6.54 Å². The second kappa shape index (κ2) is 5.85. The Hall–Kier alpha value is -0.780. The Labute approximate surface area is 81.1 Å². The van der Waals surface area contributed by atoms with Crippen LogP contribution in [-0.2, 0) is 4.79 Å². The molecule has 0 spiro atoms. The van der Waals surface area contributed by atoms with E-state index in [0.29, 0.717) is 13.1 Å². The molecular weight excluding hydrogens is 197 g/mol. The van der Waals surface area contributed by atoms with Crippen molar-refractivity contribution in [2.24, 2.45) is 5.73 Å². The summed E-state index contributed by atoms with van der Waals surface area (Å²) in [5.41, 5.74) is 5.21. The van der Waals surface area contributed by atoms with Crippen LogP contribution in [0.15, 0.2) is 0 Å². The molecule has 2 N–H and O–H groups in total. The molecule has 0 atom stereocenters. The summed E-state index contributed by atoms with van der Waals surface area (Å²) in [7, 11) is 0. The van der Waals surface area contributed by atoms with E-state index in [1.54, 1.807) is 6.92 Å². The first-order chi connectivity index (χ1) is 6.40. The molecule has 3 nitrogen and oxygen atoms in total. The first kappa shape index (κ1) is 13.2. The standard InChI is InChI=1S/C8H15F3N2O/c1-2-13(6-5-12)7(14)3-4-8(9,10)11/h2-6,12H2,1H3. The second-order valence-electron chi connectivity index (χ2n) is 2.88. The topological polar surface area (TPSA) is 46.3 Å². The number of hydrogen-bond donors (Lipinski definition) is 1. The van der Waals surface area contributed by atoms with Gasteiger partial charge in [0, 0.05) is 26.1 Å². The Kier molecular flexibility index (Phi) is 5.52. The maximum Gasteiger partial charge on any atom is 0.389 e. The predicted octanol–water partition coefficient (Wildman–Crippen LogP) is 1.14. The third-order valence-corrected chi connectivity index (χ3v) is 1.76. The van der Waals surface area contributed by atoms with Crippen LogP contribution < -0.4 is 5.73 Å². The van der Waals surface area contributed by atoms with Crippen LogP contribution in [-0.4, -0.2) is 36.6 Å². The fraction of sp³-hybridized carbons (Fsp3) is 0.875. The van der Waals surface area contributed by atoms with Crippen LogP contribution in [0.25, 0.3) is 0 Å². The number of amides is 1. The lowest BCUT2D eigenvalue weighted by molar-refractivity contribution is -0.149. The minimum absolute atomic E-state index is 0.269. The Morgan fingerprint density at radius 1 is 1.43 bits per heavy atom. The fourth-order valence-corrected chi connectivity index (χ4v) is 1.02. The first-order valence-electron chi connectivity index (χ1n) is 4.45. The molecule has 6 heteroatoms. The van der Waals surface area contributed by atoms with Gasteiger partial charge in [-0.15, -0.1) is 0 Å². The lowest BCUT2D eigenvalue weighted by Crippen LogP contribution is -2.35. The van der Waals surface area contributed by atoms with Gasteiger partial charge in [-0.25, -0.2) is 0 Å². The first-order valence-corrected chi connectivity index (χ1v) is 4.45. The molecule has 14 heavy (non-hydrogen) atoms. The van der Waals surface area contributed by atoms with E-state index in [1.807, 2.05) is 0 Å². The molecule has 1 amide bonds. The fourth-order valence-electron chi connectivity index (χ4n) is 1.02. The van der Waals surface area contributed by atoms with Crippen molar-refractivity contribution in [3.8, 4) is 0 Å².